The van der Waals surface area contributed by atoms with Crippen LogP contribution in [0, 0.1) is 0 Å². The molecule has 0 aliphatic carbocycles. The van der Waals surface area contributed by atoms with Crippen molar-refractivity contribution >= 4 is 0 Å². The highest BCUT2D eigenvalue weighted by Crippen LogP contribution is 2.37. The fourth-order valence-electron chi connectivity index (χ4n) is 2.21. The topological polar surface area (TPSA) is 38.0 Å². The zero-order chi connectivity index (χ0) is 13.3. The Bertz CT molecular complexity index is 536. The smallest absolute Gasteiger partial charge is 0.165 e. The van der Waals surface area contributed by atoms with Crippen molar-refractivity contribution in [2.75, 3.05) is 0 Å². The first-order valence-electron chi connectivity index (χ1n) is 6.30. The minimum atomic E-state index is -0.125. The molecule has 0 atom stereocenters. The Morgan fingerprint density at radius 2 is 1.78 bits per heavy atom. The molecule has 0 aliphatic rings. The summed E-state index contributed by atoms with van der Waals surface area (Å²) < 4.78 is 1.89. The summed E-state index contributed by atoms with van der Waals surface area (Å²) in [6.45, 7) is 9.06. The standard InChI is InChI=1S/C15H20N2O/c1-5-17-14(15(2,3)4)13(18)12(16-17)11-9-7-6-8-10-11/h6-10,18H,5H2,1-4H3. The van der Waals surface area contributed by atoms with Crippen LogP contribution in [-0.4, -0.2) is 14.9 Å². The molecule has 18 heavy (non-hydrogen) atoms. The van der Waals surface area contributed by atoms with Crippen LogP contribution in [0.15, 0.2) is 30.3 Å². The molecular formula is C15H20N2O. The van der Waals surface area contributed by atoms with Crippen LogP contribution in [0.25, 0.3) is 11.3 Å². The lowest BCUT2D eigenvalue weighted by molar-refractivity contribution is 0.428. The molecule has 1 aromatic carbocycles. The Hall–Kier alpha value is -1.77. The average Bonchev–Trinajstić information content (AvgIpc) is 2.67. The molecule has 0 saturated carbocycles. The number of rotatable bonds is 2. The lowest BCUT2D eigenvalue weighted by atomic mass is 9.90. The molecule has 0 aliphatic heterocycles. The van der Waals surface area contributed by atoms with E-state index in [2.05, 4.69) is 25.9 Å². The molecule has 2 rings (SSSR count). The Labute approximate surface area is 108 Å². The van der Waals surface area contributed by atoms with E-state index in [1.54, 1.807) is 0 Å². The van der Waals surface area contributed by atoms with Crippen molar-refractivity contribution in [2.24, 2.45) is 0 Å². The molecule has 0 bridgehead atoms. The molecule has 0 unspecified atom stereocenters. The van der Waals surface area contributed by atoms with Crippen molar-refractivity contribution in [3.8, 4) is 17.0 Å². The summed E-state index contributed by atoms with van der Waals surface area (Å²) in [7, 11) is 0. The quantitative estimate of drug-likeness (QED) is 0.877. The van der Waals surface area contributed by atoms with Gasteiger partial charge in [0.2, 0.25) is 0 Å². The highest BCUT2D eigenvalue weighted by Gasteiger charge is 2.27. The van der Waals surface area contributed by atoms with Crippen molar-refractivity contribution in [3.63, 3.8) is 0 Å². The summed E-state index contributed by atoms with van der Waals surface area (Å²) in [5.41, 5.74) is 2.39. The molecule has 0 radical (unpaired) electrons. The second kappa shape index (κ2) is 4.48. The Morgan fingerprint density at radius 3 is 2.22 bits per heavy atom. The van der Waals surface area contributed by atoms with Crippen LogP contribution in [0.1, 0.15) is 33.4 Å². The van der Waals surface area contributed by atoms with Crippen LogP contribution in [0.4, 0.5) is 0 Å². The highest BCUT2D eigenvalue weighted by atomic mass is 16.3. The molecule has 1 aromatic heterocycles. The van der Waals surface area contributed by atoms with Gasteiger partial charge in [-0.25, -0.2) is 0 Å². The average molecular weight is 244 g/mol. The number of aromatic hydroxyl groups is 1. The summed E-state index contributed by atoms with van der Waals surface area (Å²) in [5, 5.41) is 15.0. The van der Waals surface area contributed by atoms with Crippen LogP contribution >= 0.6 is 0 Å². The number of nitrogens with zero attached hydrogens (tertiary/aromatic N) is 2. The van der Waals surface area contributed by atoms with E-state index in [1.165, 1.54) is 0 Å². The van der Waals surface area contributed by atoms with Gasteiger partial charge in [0, 0.05) is 17.5 Å². The number of aromatic nitrogens is 2. The summed E-state index contributed by atoms with van der Waals surface area (Å²) in [5.74, 6) is 0.301. The van der Waals surface area contributed by atoms with E-state index < -0.39 is 0 Å². The largest absolute Gasteiger partial charge is 0.504 e. The Morgan fingerprint density at radius 1 is 1.17 bits per heavy atom. The molecule has 0 amide bonds. The van der Waals surface area contributed by atoms with E-state index in [-0.39, 0.29) is 5.41 Å². The summed E-state index contributed by atoms with van der Waals surface area (Å²) in [4.78, 5) is 0. The lowest BCUT2D eigenvalue weighted by Crippen LogP contribution is -2.18. The van der Waals surface area contributed by atoms with E-state index in [1.807, 2.05) is 41.9 Å². The van der Waals surface area contributed by atoms with Crippen LogP contribution < -0.4 is 0 Å². The van der Waals surface area contributed by atoms with Crippen LogP contribution in [0.3, 0.4) is 0 Å². The molecule has 3 nitrogen and oxygen atoms in total. The predicted octanol–water partition coefficient (Wildman–Crippen LogP) is 3.57. The molecule has 1 heterocycles. The van der Waals surface area contributed by atoms with E-state index >= 15 is 0 Å². The van der Waals surface area contributed by atoms with Crippen molar-refractivity contribution in [2.45, 2.75) is 39.7 Å². The maximum Gasteiger partial charge on any atom is 0.165 e. The van der Waals surface area contributed by atoms with Crippen LogP contribution in [-0.2, 0) is 12.0 Å². The lowest BCUT2D eigenvalue weighted by Gasteiger charge is -2.19. The zero-order valence-electron chi connectivity index (χ0n) is 11.4. The third kappa shape index (κ3) is 2.13. The molecule has 1 N–H and O–H groups in total. The first-order valence-corrected chi connectivity index (χ1v) is 6.30. The van der Waals surface area contributed by atoms with Gasteiger partial charge in [-0.05, 0) is 6.92 Å². The van der Waals surface area contributed by atoms with Crippen molar-refractivity contribution < 1.29 is 5.11 Å². The Kier molecular flexibility index (Phi) is 3.16. The number of hydrogen-bond donors (Lipinski definition) is 1. The third-order valence-electron chi connectivity index (χ3n) is 2.98. The molecular weight excluding hydrogens is 224 g/mol. The van der Waals surface area contributed by atoms with Gasteiger partial charge < -0.3 is 5.11 Å². The summed E-state index contributed by atoms with van der Waals surface area (Å²) in [6.07, 6.45) is 0. The van der Waals surface area contributed by atoms with Gasteiger partial charge in [0.25, 0.3) is 0 Å². The molecule has 96 valence electrons. The molecule has 0 spiro atoms. The van der Waals surface area contributed by atoms with Gasteiger partial charge in [-0.3, -0.25) is 4.68 Å². The van der Waals surface area contributed by atoms with Gasteiger partial charge in [0.15, 0.2) is 5.75 Å². The van der Waals surface area contributed by atoms with Crippen LogP contribution in [0.5, 0.6) is 5.75 Å². The third-order valence-corrected chi connectivity index (χ3v) is 2.98. The second-order valence-electron chi connectivity index (χ2n) is 5.48. The molecule has 0 fully saturated rings. The van der Waals surface area contributed by atoms with Crippen molar-refractivity contribution in [1.82, 2.24) is 9.78 Å². The highest BCUT2D eigenvalue weighted by molar-refractivity contribution is 5.67. The number of hydrogen-bond acceptors (Lipinski definition) is 2. The fraction of sp³-hybridized carbons (Fsp3) is 0.400. The summed E-state index contributed by atoms with van der Waals surface area (Å²) in [6, 6.07) is 9.80. The van der Waals surface area contributed by atoms with E-state index in [0.717, 1.165) is 17.8 Å². The maximum atomic E-state index is 10.4. The number of benzene rings is 1. The monoisotopic (exact) mass is 244 g/mol. The van der Waals surface area contributed by atoms with Gasteiger partial charge >= 0.3 is 0 Å². The first-order chi connectivity index (χ1) is 8.45. The van der Waals surface area contributed by atoms with Gasteiger partial charge in [-0.1, -0.05) is 51.1 Å². The van der Waals surface area contributed by atoms with Crippen molar-refractivity contribution in [1.29, 1.82) is 0 Å². The summed E-state index contributed by atoms with van der Waals surface area (Å²) >= 11 is 0. The zero-order valence-corrected chi connectivity index (χ0v) is 11.4. The maximum absolute atomic E-state index is 10.4. The van der Waals surface area contributed by atoms with Gasteiger partial charge in [-0.2, -0.15) is 5.10 Å². The van der Waals surface area contributed by atoms with Gasteiger partial charge in [0.05, 0.1) is 5.69 Å². The van der Waals surface area contributed by atoms with E-state index in [9.17, 15) is 5.11 Å². The van der Waals surface area contributed by atoms with Crippen LogP contribution in [0.2, 0.25) is 0 Å². The minimum Gasteiger partial charge on any atom is -0.504 e. The Balaban J connectivity index is 2.62. The molecule has 3 heteroatoms. The number of aryl methyl sites for hydroxylation is 1. The SMILES string of the molecule is CCn1nc(-c2ccccc2)c(O)c1C(C)(C)C. The molecule has 2 aromatic rings. The second-order valence-corrected chi connectivity index (χ2v) is 5.48. The van der Waals surface area contributed by atoms with Gasteiger partial charge in [0.1, 0.15) is 5.69 Å². The van der Waals surface area contributed by atoms with Gasteiger partial charge in [-0.15, -0.1) is 0 Å². The minimum absolute atomic E-state index is 0.125. The fourth-order valence-corrected chi connectivity index (χ4v) is 2.21. The van der Waals surface area contributed by atoms with E-state index in [4.69, 9.17) is 0 Å². The first kappa shape index (κ1) is 12.7. The predicted molar refractivity (Wildman–Crippen MR) is 73.7 cm³/mol. The van der Waals surface area contributed by atoms with Crippen molar-refractivity contribution in [3.05, 3.63) is 36.0 Å². The molecule has 0 saturated heterocycles. The van der Waals surface area contributed by atoms with E-state index in [0.29, 0.717) is 11.4 Å². The normalized spacial score (nSPS) is 11.8.